The van der Waals surface area contributed by atoms with Gasteiger partial charge in [-0.2, -0.15) is 0 Å². The summed E-state index contributed by atoms with van der Waals surface area (Å²) in [5.41, 5.74) is 0. The van der Waals surface area contributed by atoms with Crippen molar-refractivity contribution in [1.82, 2.24) is 5.32 Å². The van der Waals surface area contributed by atoms with Crippen LogP contribution in [0.15, 0.2) is 29.2 Å². The normalized spacial score (nSPS) is 11.9. The quantitative estimate of drug-likeness (QED) is 0.502. The SMILES string of the molecule is O=C(CCCSc1ccc(Cl)cc1)N[C@@H](CO)C(=O)O. The van der Waals surface area contributed by atoms with Gasteiger partial charge in [-0.05, 0) is 36.4 Å². The molecule has 1 aromatic carbocycles. The number of aliphatic carboxylic acids is 1. The van der Waals surface area contributed by atoms with E-state index in [1.54, 1.807) is 23.9 Å². The summed E-state index contributed by atoms with van der Waals surface area (Å²) in [7, 11) is 0. The highest BCUT2D eigenvalue weighted by Crippen LogP contribution is 2.21. The standard InChI is InChI=1S/C13H16ClNO4S/c14-9-3-5-10(6-4-9)20-7-1-2-12(17)15-11(8-16)13(18)19/h3-6,11,16H,1-2,7-8H2,(H,15,17)(H,18,19)/t11-/m0/s1. The molecule has 0 radical (unpaired) electrons. The van der Waals surface area contributed by atoms with Crippen molar-refractivity contribution in [2.24, 2.45) is 0 Å². The van der Waals surface area contributed by atoms with E-state index in [1.807, 2.05) is 12.1 Å². The van der Waals surface area contributed by atoms with Gasteiger partial charge in [-0.1, -0.05) is 11.6 Å². The Morgan fingerprint density at radius 1 is 1.30 bits per heavy atom. The van der Waals surface area contributed by atoms with E-state index in [9.17, 15) is 9.59 Å². The zero-order valence-electron chi connectivity index (χ0n) is 10.7. The van der Waals surface area contributed by atoms with Crippen molar-refractivity contribution < 1.29 is 19.8 Å². The monoisotopic (exact) mass is 317 g/mol. The Hall–Kier alpha value is -1.24. The van der Waals surface area contributed by atoms with Gasteiger partial charge in [-0.15, -0.1) is 11.8 Å². The van der Waals surface area contributed by atoms with Crippen molar-refractivity contribution in [3.8, 4) is 0 Å². The van der Waals surface area contributed by atoms with Gasteiger partial charge in [0.25, 0.3) is 0 Å². The van der Waals surface area contributed by atoms with Crippen LogP contribution in [0, 0.1) is 0 Å². The molecule has 0 aliphatic heterocycles. The van der Waals surface area contributed by atoms with Crippen molar-refractivity contribution in [2.75, 3.05) is 12.4 Å². The molecule has 0 saturated heterocycles. The lowest BCUT2D eigenvalue weighted by atomic mass is 10.2. The number of carbonyl (C=O) groups excluding carboxylic acids is 1. The van der Waals surface area contributed by atoms with Crippen LogP contribution in [-0.2, 0) is 9.59 Å². The molecule has 0 aliphatic rings. The zero-order chi connectivity index (χ0) is 15.0. The maximum absolute atomic E-state index is 11.5. The third kappa shape index (κ3) is 6.27. The Morgan fingerprint density at radius 3 is 2.50 bits per heavy atom. The van der Waals surface area contributed by atoms with Crippen LogP contribution in [0.4, 0.5) is 0 Å². The van der Waals surface area contributed by atoms with E-state index in [4.69, 9.17) is 21.8 Å². The summed E-state index contributed by atoms with van der Waals surface area (Å²) >= 11 is 7.37. The van der Waals surface area contributed by atoms with Gasteiger partial charge in [0.15, 0.2) is 0 Å². The molecular weight excluding hydrogens is 302 g/mol. The summed E-state index contributed by atoms with van der Waals surface area (Å²) in [4.78, 5) is 23.1. The Balaban J connectivity index is 2.22. The number of nitrogens with one attached hydrogen (secondary N) is 1. The van der Waals surface area contributed by atoms with Gasteiger partial charge in [0.2, 0.25) is 5.91 Å². The molecule has 7 heteroatoms. The maximum Gasteiger partial charge on any atom is 0.328 e. The number of aliphatic hydroxyl groups excluding tert-OH is 1. The van der Waals surface area contributed by atoms with E-state index < -0.39 is 18.6 Å². The van der Waals surface area contributed by atoms with Crippen molar-refractivity contribution in [3.63, 3.8) is 0 Å². The van der Waals surface area contributed by atoms with Crippen LogP contribution in [0.5, 0.6) is 0 Å². The lowest BCUT2D eigenvalue weighted by Gasteiger charge is -2.11. The number of halogens is 1. The highest BCUT2D eigenvalue weighted by Gasteiger charge is 2.17. The fraction of sp³-hybridized carbons (Fsp3) is 0.385. The van der Waals surface area contributed by atoms with Gasteiger partial charge >= 0.3 is 5.97 Å². The molecule has 0 aliphatic carbocycles. The molecule has 1 aromatic rings. The third-order valence-electron chi connectivity index (χ3n) is 2.45. The van der Waals surface area contributed by atoms with Gasteiger partial charge in [0, 0.05) is 16.3 Å². The third-order valence-corrected chi connectivity index (χ3v) is 3.80. The van der Waals surface area contributed by atoms with Crippen LogP contribution < -0.4 is 5.32 Å². The molecule has 0 spiro atoms. The Labute approximate surface area is 126 Å². The number of hydrogen-bond acceptors (Lipinski definition) is 4. The number of aliphatic hydroxyl groups is 1. The van der Waals surface area contributed by atoms with E-state index in [1.165, 1.54) is 0 Å². The van der Waals surface area contributed by atoms with Crippen LogP contribution in [0.25, 0.3) is 0 Å². The topological polar surface area (TPSA) is 86.6 Å². The largest absolute Gasteiger partial charge is 0.480 e. The fourth-order valence-corrected chi connectivity index (χ4v) is 2.38. The van der Waals surface area contributed by atoms with Gasteiger partial charge < -0.3 is 15.5 Å². The molecule has 0 saturated carbocycles. The molecule has 110 valence electrons. The van der Waals surface area contributed by atoms with Crippen molar-refractivity contribution in [3.05, 3.63) is 29.3 Å². The number of carboxylic acids is 1. The lowest BCUT2D eigenvalue weighted by molar-refractivity contribution is -0.142. The molecule has 1 rings (SSSR count). The smallest absolute Gasteiger partial charge is 0.328 e. The Kier molecular flexibility index (Phi) is 7.43. The first-order valence-corrected chi connectivity index (χ1v) is 7.40. The van der Waals surface area contributed by atoms with Crippen LogP contribution >= 0.6 is 23.4 Å². The molecule has 1 atom stereocenters. The second kappa shape index (κ2) is 8.84. The number of amides is 1. The van der Waals surface area contributed by atoms with Crippen molar-refractivity contribution in [1.29, 1.82) is 0 Å². The molecule has 0 bridgehead atoms. The number of hydrogen-bond donors (Lipinski definition) is 3. The molecule has 5 nitrogen and oxygen atoms in total. The fourth-order valence-electron chi connectivity index (χ4n) is 1.41. The summed E-state index contributed by atoms with van der Waals surface area (Å²) in [6.07, 6.45) is 0.848. The first-order chi connectivity index (χ1) is 9.52. The lowest BCUT2D eigenvalue weighted by Crippen LogP contribution is -2.43. The molecular formula is C13H16ClNO4S. The first-order valence-electron chi connectivity index (χ1n) is 6.04. The van der Waals surface area contributed by atoms with Crippen molar-refractivity contribution in [2.45, 2.75) is 23.8 Å². The molecule has 3 N–H and O–H groups in total. The highest BCUT2D eigenvalue weighted by molar-refractivity contribution is 7.99. The predicted molar refractivity (Wildman–Crippen MR) is 78.1 cm³/mol. The van der Waals surface area contributed by atoms with Crippen LogP contribution in [0.2, 0.25) is 5.02 Å². The molecule has 0 aromatic heterocycles. The van der Waals surface area contributed by atoms with E-state index in [2.05, 4.69) is 5.32 Å². The number of carboxylic acid groups (broad SMARTS) is 1. The molecule has 0 fully saturated rings. The summed E-state index contributed by atoms with van der Waals surface area (Å²) in [5.74, 6) is -0.870. The minimum absolute atomic E-state index is 0.227. The predicted octanol–water partition coefficient (Wildman–Crippen LogP) is 1.77. The Morgan fingerprint density at radius 2 is 1.95 bits per heavy atom. The molecule has 0 unspecified atom stereocenters. The maximum atomic E-state index is 11.5. The van der Waals surface area contributed by atoms with E-state index in [-0.39, 0.29) is 12.3 Å². The number of thioether (sulfide) groups is 1. The van der Waals surface area contributed by atoms with Crippen LogP contribution in [-0.4, -0.2) is 40.5 Å². The zero-order valence-corrected chi connectivity index (χ0v) is 12.3. The Bertz CT molecular complexity index is 452. The number of carbonyl (C=O) groups is 2. The molecule has 0 heterocycles. The number of benzene rings is 1. The highest BCUT2D eigenvalue weighted by atomic mass is 35.5. The second-order valence-electron chi connectivity index (χ2n) is 4.05. The van der Waals surface area contributed by atoms with Crippen LogP contribution in [0.1, 0.15) is 12.8 Å². The van der Waals surface area contributed by atoms with Gasteiger partial charge in [-0.25, -0.2) is 4.79 Å². The van der Waals surface area contributed by atoms with Gasteiger partial charge in [0.05, 0.1) is 6.61 Å². The summed E-state index contributed by atoms with van der Waals surface area (Å²) in [5, 5.41) is 20.4. The van der Waals surface area contributed by atoms with E-state index in [0.717, 1.165) is 10.6 Å². The summed E-state index contributed by atoms with van der Waals surface area (Å²) in [6, 6.07) is 6.18. The molecule has 1 amide bonds. The number of rotatable bonds is 8. The second-order valence-corrected chi connectivity index (χ2v) is 5.65. The summed E-state index contributed by atoms with van der Waals surface area (Å²) < 4.78 is 0. The average molecular weight is 318 g/mol. The van der Waals surface area contributed by atoms with Crippen molar-refractivity contribution >= 4 is 35.2 Å². The minimum Gasteiger partial charge on any atom is -0.480 e. The van der Waals surface area contributed by atoms with E-state index in [0.29, 0.717) is 11.4 Å². The minimum atomic E-state index is -1.24. The molecule has 20 heavy (non-hydrogen) atoms. The van der Waals surface area contributed by atoms with Crippen LogP contribution in [0.3, 0.4) is 0 Å². The summed E-state index contributed by atoms with van der Waals surface area (Å²) in [6.45, 7) is -0.611. The first kappa shape index (κ1) is 16.8. The van der Waals surface area contributed by atoms with E-state index >= 15 is 0 Å². The van der Waals surface area contributed by atoms with Gasteiger partial charge in [-0.3, -0.25) is 4.79 Å². The average Bonchev–Trinajstić information content (AvgIpc) is 2.42. The van der Waals surface area contributed by atoms with Gasteiger partial charge in [0.1, 0.15) is 6.04 Å².